The molecule has 0 bridgehead atoms. The third-order valence-electron chi connectivity index (χ3n) is 6.96. The first-order chi connectivity index (χ1) is 18.8. The summed E-state index contributed by atoms with van der Waals surface area (Å²) in [5.41, 5.74) is 0. The summed E-state index contributed by atoms with van der Waals surface area (Å²) in [6.07, 6.45) is 27.1. The monoisotopic (exact) mass is 614 g/mol. The van der Waals surface area contributed by atoms with Crippen molar-refractivity contribution in [3.05, 3.63) is 30.6 Å². The molecule has 7 heteroatoms. The van der Waals surface area contributed by atoms with Gasteiger partial charge in [0.25, 0.3) is 0 Å². The van der Waals surface area contributed by atoms with Crippen molar-refractivity contribution < 1.29 is 40.6 Å². The standard InChI is InChI=1S/C32H58N2O4.BrH/c1-3-4-5-6-7-8-9-10-11-12-13-14-15-16-17-22-27-36-29-31(38-32(35)33-2)30-37-28-23-21-26-34-24-19-18-20-25-34;/h18-20,24-25,31H,3-17,21-23,26-30H2,1-2H3;1H. The van der Waals surface area contributed by atoms with Gasteiger partial charge in [-0.15, -0.1) is 0 Å². The molecule has 1 atom stereocenters. The van der Waals surface area contributed by atoms with Gasteiger partial charge in [-0.05, 0) is 12.8 Å². The third kappa shape index (κ3) is 25.5. The Labute approximate surface area is 250 Å². The number of carbonyl (C=O) groups is 1. The van der Waals surface area contributed by atoms with Crippen LogP contribution in [-0.4, -0.2) is 45.7 Å². The second kappa shape index (κ2) is 29.8. The van der Waals surface area contributed by atoms with Gasteiger partial charge < -0.3 is 36.5 Å². The molecule has 1 rings (SSSR count). The molecule has 0 spiro atoms. The van der Waals surface area contributed by atoms with Gasteiger partial charge >= 0.3 is 6.09 Å². The highest BCUT2D eigenvalue weighted by molar-refractivity contribution is 5.66. The first-order valence-corrected chi connectivity index (χ1v) is 15.7. The number of carbonyl (C=O) groups excluding carboxylic acids is 1. The summed E-state index contributed by atoms with van der Waals surface area (Å²) in [6, 6.07) is 6.10. The van der Waals surface area contributed by atoms with Gasteiger partial charge in [0.1, 0.15) is 6.54 Å². The largest absolute Gasteiger partial charge is 1.00 e. The number of aromatic nitrogens is 1. The molecule has 0 aliphatic rings. The van der Waals surface area contributed by atoms with Crippen LogP contribution in [0.1, 0.15) is 122 Å². The second-order valence-electron chi connectivity index (χ2n) is 10.6. The van der Waals surface area contributed by atoms with E-state index in [4.69, 9.17) is 14.2 Å². The zero-order valence-electron chi connectivity index (χ0n) is 25.2. The van der Waals surface area contributed by atoms with Crippen molar-refractivity contribution in [2.75, 3.05) is 33.5 Å². The zero-order chi connectivity index (χ0) is 27.4. The van der Waals surface area contributed by atoms with Crippen molar-refractivity contribution in [3.63, 3.8) is 0 Å². The van der Waals surface area contributed by atoms with Gasteiger partial charge in [0.05, 0.1) is 13.2 Å². The molecule has 39 heavy (non-hydrogen) atoms. The summed E-state index contributed by atoms with van der Waals surface area (Å²) < 4.78 is 19.2. The van der Waals surface area contributed by atoms with Gasteiger partial charge in [0, 0.05) is 38.8 Å². The Morgan fingerprint density at radius 3 is 1.56 bits per heavy atom. The molecular formula is C32H59BrN2O4. The molecule has 0 radical (unpaired) electrons. The Morgan fingerprint density at radius 2 is 1.10 bits per heavy atom. The number of ether oxygens (including phenoxy) is 3. The first-order valence-electron chi connectivity index (χ1n) is 15.7. The number of unbranched alkanes of at least 4 members (excludes halogenated alkanes) is 16. The molecule has 0 aliphatic heterocycles. The van der Waals surface area contributed by atoms with E-state index >= 15 is 0 Å². The third-order valence-corrected chi connectivity index (χ3v) is 6.96. The molecule has 0 saturated heterocycles. The predicted octanol–water partition coefficient (Wildman–Crippen LogP) is 4.78. The fourth-order valence-electron chi connectivity index (χ4n) is 4.59. The summed E-state index contributed by atoms with van der Waals surface area (Å²) in [6.45, 7) is 5.37. The lowest BCUT2D eigenvalue weighted by Crippen LogP contribution is -3.00. The number of hydrogen-bond donors (Lipinski definition) is 1. The van der Waals surface area contributed by atoms with Crippen molar-refractivity contribution in [3.8, 4) is 0 Å². The molecule has 1 unspecified atom stereocenters. The van der Waals surface area contributed by atoms with Crippen LogP contribution in [-0.2, 0) is 20.8 Å². The molecule has 0 aliphatic carbocycles. The zero-order valence-corrected chi connectivity index (χ0v) is 26.8. The van der Waals surface area contributed by atoms with Gasteiger partial charge in [-0.25, -0.2) is 9.36 Å². The maximum Gasteiger partial charge on any atom is 0.407 e. The topological polar surface area (TPSA) is 60.7 Å². The van der Waals surface area contributed by atoms with E-state index in [1.165, 1.54) is 96.3 Å². The van der Waals surface area contributed by atoms with Crippen LogP contribution in [0.2, 0.25) is 0 Å². The van der Waals surface area contributed by atoms with Crippen molar-refractivity contribution in [1.29, 1.82) is 0 Å². The van der Waals surface area contributed by atoms with Crippen LogP contribution in [0.15, 0.2) is 30.6 Å². The Kier molecular flexibility index (Phi) is 28.9. The lowest BCUT2D eigenvalue weighted by molar-refractivity contribution is -0.697. The number of amides is 1. The number of pyridine rings is 1. The summed E-state index contributed by atoms with van der Waals surface area (Å²) in [5.74, 6) is 0. The highest BCUT2D eigenvalue weighted by Gasteiger charge is 2.14. The van der Waals surface area contributed by atoms with Crippen LogP contribution in [0.3, 0.4) is 0 Å². The van der Waals surface area contributed by atoms with Crippen LogP contribution < -0.4 is 26.9 Å². The van der Waals surface area contributed by atoms with Gasteiger partial charge in [-0.1, -0.05) is 109 Å². The fraction of sp³-hybridized carbons (Fsp3) is 0.812. The number of halogens is 1. The molecule has 0 fully saturated rings. The Morgan fingerprint density at radius 1 is 0.667 bits per heavy atom. The van der Waals surface area contributed by atoms with E-state index in [-0.39, 0.29) is 23.1 Å². The number of nitrogens with one attached hydrogen (secondary N) is 1. The average Bonchev–Trinajstić information content (AvgIpc) is 2.94. The van der Waals surface area contributed by atoms with Crippen molar-refractivity contribution in [2.45, 2.75) is 135 Å². The molecule has 0 saturated carbocycles. The normalized spacial score (nSPS) is 11.6. The van der Waals surface area contributed by atoms with Crippen molar-refractivity contribution >= 4 is 6.09 Å². The van der Waals surface area contributed by atoms with E-state index < -0.39 is 6.09 Å². The maximum absolute atomic E-state index is 11.7. The number of alkyl carbamates (subject to hydrolysis) is 1. The molecular weight excluding hydrogens is 556 g/mol. The Hall–Kier alpha value is -1.18. The smallest absolute Gasteiger partial charge is 0.407 e. The number of hydrogen-bond acceptors (Lipinski definition) is 4. The van der Waals surface area contributed by atoms with Gasteiger partial charge in [-0.2, -0.15) is 0 Å². The molecule has 1 heterocycles. The molecule has 1 aromatic rings. The van der Waals surface area contributed by atoms with E-state index in [9.17, 15) is 4.79 Å². The van der Waals surface area contributed by atoms with E-state index in [0.29, 0.717) is 26.4 Å². The Bertz CT molecular complexity index is 636. The average molecular weight is 616 g/mol. The van der Waals surface area contributed by atoms with E-state index in [1.807, 2.05) is 18.2 Å². The van der Waals surface area contributed by atoms with Crippen LogP contribution in [0.4, 0.5) is 4.79 Å². The summed E-state index contributed by atoms with van der Waals surface area (Å²) in [4.78, 5) is 11.7. The van der Waals surface area contributed by atoms with Crippen LogP contribution in [0.25, 0.3) is 0 Å². The highest BCUT2D eigenvalue weighted by atomic mass is 79.9. The number of nitrogens with zero attached hydrogens (tertiary/aromatic N) is 1. The molecule has 1 aromatic heterocycles. The molecule has 1 N–H and O–H groups in total. The lowest BCUT2D eigenvalue weighted by Gasteiger charge is -2.18. The highest BCUT2D eigenvalue weighted by Crippen LogP contribution is 2.13. The maximum atomic E-state index is 11.7. The quantitative estimate of drug-likeness (QED) is 0.114. The first kappa shape index (κ1) is 37.8. The molecule has 0 aromatic carbocycles. The van der Waals surface area contributed by atoms with E-state index in [0.717, 1.165) is 25.8 Å². The van der Waals surface area contributed by atoms with Crippen LogP contribution in [0, 0.1) is 0 Å². The van der Waals surface area contributed by atoms with Gasteiger partial charge in [-0.3, -0.25) is 0 Å². The van der Waals surface area contributed by atoms with Crippen LogP contribution in [0.5, 0.6) is 0 Å². The number of aryl methyl sites for hydroxylation is 1. The lowest BCUT2D eigenvalue weighted by atomic mass is 10.0. The van der Waals surface area contributed by atoms with E-state index in [1.54, 1.807) is 7.05 Å². The van der Waals surface area contributed by atoms with Gasteiger partial charge in [0.15, 0.2) is 18.5 Å². The molecule has 228 valence electrons. The summed E-state index contributed by atoms with van der Waals surface area (Å²) >= 11 is 0. The minimum atomic E-state index is -0.440. The minimum absolute atomic E-state index is 0. The predicted molar refractivity (Wildman–Crippen MR) is 156 cm³/mol. The molecule has 1 amide bonds. The van der Waals surface area contributed by atoms with Crippen molar-refractivity contribution in [2.24, 2.45) is 0 Å². The van der Waals surface area contributed by atoms with E-state index in [2.05, 4.69) is 29.2 Å². The second-order valence-corrected chi connectivity index (χ2v) is 10.6. The SMILES string of the molecule is CCCCCCCCCCCCCCCCCCOCC(COCCCC[n+]1ccccc1)OC(=O)NC.[Br-]. The fourth-order valence-corrected chi connectivity index (χ4v) is 4.59. The summed E-state index contributed by atoms with van der Waals surface area (Å²) in [5, 5.41) is 2.51. The molecule has 6 nitrogen and oxygen atoms in total. The van der Waals surface area contributed by atoms with Crippen LogP contribution >= 0.6 is 0 Å². The summed E-state index contributed by atoms with van der Waals surface area (Å²) in [7, 11) is 1.57. The minimum Gasteiger partial charge on any atom is -1.00 e. The van der Waals surface area contributed by atoms with Crippen molar-refractivity contribution in [1.82, 2.24) is 5.32 Å². The Balaban J connectivity index is 0.0000144. The number of rotatable bonds is 27. The van der Waals surface area contributed by atoms with Gasteiger partial charge in [0.2, 0.25) is 0 Å².